The molecule has 0 rings (SSSR count). The molecule has 0 aliphatic carbocycles. The first-order valence-electron chi connectivity index (χ1n) is 3.97. The first kappa shape index (κ1) is 11.2. The van der Waals surface area contributed by atoms with Crippen molar-refractivity contribution in [1.82, 2.24) is 0 Å². The highest BCUT2D eigenvalue weighted by atomic mass is 28.3. The molecule has 0 aromatic carbocycles. The molecule has 0 bridgehead atoms. The molecule has 0 saturated carbocycles. The summed E-state index contributed by atoms with van der Waals surface area (Å²) in [5.41, 5.74) is 3.12. The van der Waals surface area contributed by atoms with Gasteiger partial charge in [-0.3, -0.25) is 4.79 Å². The first-order chi connectivity index (χ1) is 5.37. The smallest absolute Gasteiger partial charge is 0.320 e. The number of rotatable bonds is 1. The van der Waals surface area contributed by atoms with E-state index < -0.39 is 8.07 Å². The molecular weight excluding hydrogens is 168 g/mol. The third-order valence-corrected chi connectivity index (χ3v) is 2.11. The average Bonchev–Trinajstić information content (AvgIpc) is 1.97. The number of carbonyl (C=O) groups is 1. The summed E-state index contributed by atoms with van der Waals surface area (Å²) in [5.74, 6) is 2.37. The van der Waals surface area contributed by atoms with Gasteiger partial charge in [0.1, 0.15) is 14.0 Å². The minimum Gasteiger partial charge on any atom is -0.468 e. The summed E-state index contributed by atoms with van der Waals surface area (Å²) in [6, 6.07) is 0. The van der Waals surface area contributed by atoms with Crippen LogP contribution in [0.3, 0.4) is 0 Å². The van der Waals surface area contributed by atoms with Crippen LogP contribution < -0.4 is 0 Å². The van der Waals surface area contributed by atoms with Crippen LogP contribution in [0.25, 0.3) is 0 Å². The lowest BCUT2D eigenvalue weighted by molar-refractivity contribution is -0.142. The van der Waals surface area contributed by atoms with E-state index in [-0.39, 0.29) is 11.9 Å². The first-order valence-corrected chi connectivity index (χ1v) is 7.47. The average molecular weight is 184 g/mol. The number of hydrogen-bond acceptors (Lipinski definition) is 2. The van der Waals surface area contributed by atoms with Gasteiger partial charge in [-0.2, -0.15) is 0 Å². The van der Waals surface area contributed by atoms with Crippen LogP contribution in [-0.4, -0.2) is 21.2 Å². The Morgan fingerprint density at radius 2 is 1.92 bits per heavy atom. The van der Waals surface area contributed by atoms with E-state index in [0.717, 1.165) is 0 Å². The zero-order chi connectivity index (χ0) is 9.78. The molecule has 0 N–H and O–H groups in total. The van der Waals surface area contributed by atoms with E-state index in [4.69, 9.17) is 0 Å². The Balaban J connectivity index is 4.23. The molecule has 3 heteroatoms. The van der Waals surface area contributed by atoms with Gasteiger partial charge >= 0.3 is 5.97 Å². The molecule has 0 radical (unpaired) electrons. The van der Waals surface area contributed by atoms with Crippen LogP contribution in [0.2, 0.25) is 19.6 Å². The molecule has 0 fully saturated rings. The summed E-state index contributed by atoms with van der Waals surface area (Å²) < 4.78 is 4.55. The molecule has 0 spiro atoms. The minimum absolute atomic E-state index is 0.249. The molecule has 1 atom stereocenters. The highest BCUT2D eigenvalue weighted by Gasteiger charge is 2.12. The Labute approximate surface area is 75.3 Å². The lowest BCUT2D eigenvalue weighted by Crippen LogP contribution is -2.18. The summed E-state index contributed by atoms with van der Waals surface area (Å²) in [5, 5.41) is 0. The molecule has 2 nitrogen and oxygen atoms in total. The SMILES string of the molecule is COC(=O)C(C)C#C[Si](C)(C)C. The van der Waals surface area contributed by atoms with Crippen molar-refractivity contribution in [1.29, 1.82) is 0 Å². The zero-order valence-electron chi connectivity index (χ0n) is 8.39. The van der Waals surface area contributed by atoms with Crippen LogP contribution >= 0.6 is 0 Å². The van der Waals surface area contributed by atoms with Crippen LogP contribution in [0.15, 0.2) is 0 Å². The Hall–Kier alpha value is -0.753. The topological polar surface area (TPSA) is 26.3 Å². The van der Waals surface area contributed by atoms with E-state index in [1.807, 2.05) is 0 Å². The van der Waals surface area contributed by atoms with Crippen molar-refractivity contribution in [2.45, 2.75) is 26.6 Å². The third kappa shape index (κ3) is 4.97. The van der Waals surface area contributed by atoms with Crippen LogP contribution in [0, 0.1) is 17.4 Å². The Morgan fingerprint density at radius 3 is 2.25 bits per heavy atom. The lowest BCUT2D eigenvalue weighted by Gasteiger charge is -2.05. The minimum atomic E-state index is -1.35. The quantitative estimate of drug-likeness (QED) is 0.352. The maximum atomic E-state index is 10.9. The van der Waals surface area contributed by atoms with Crippen molar-refractivity contribution in [3.05, 3.63) is 0 Å². The second-order valence-electron chi connectivity index (χ2n) is 3.76. The van der Waals surface area contributed by atoms with E-state index in [2.05, 4.69) is 35.8 Å². The molecule has 0 amide bonds. The van der Waals surface area contributed by atoms with Gasteiger partial charge in [0.2, 0.25) is 0 Å². The fourth-order valence-corrected chi connectivity index (χ4v) is 1.21. The highest BCUT2D eigenvalue weighted by molar-refractivity contribution is 6.83. The van der Waals surface area contributed by atoms with Gasteiger partial charge in [-0.1, -0.05) is 25.6 Å². The van der Waals surface area contributed by atoms with E-state index in [0.29, 0.717) is 0 Å². The Morgan fingerprint density at radius 1 is 1.42 bits per heavy atom. The lowest BCUT2D eigenvalue weighted by atomic mass is 10.2. The predicted octanol–water partition coefficient (Wildman–Crippen LogP) is 1.68. The van der Waals surface area contributed by atoms with Crippen LogP contribution in [-0.2, 0) is 9.53 Å². The molecular formula is C9H16O2Si. The van der Waals surface area contributed by atoms with Crippen molar-refractivity contribution < 1.29 is 9.53 Å². The van der Waals surface area contributed by atoms with Gasteiger partial charge in [0, 0.05) is 0 Å². The van der Waals surface area contributed by atoms with Gasteiger partial charge in [0.15, 0.2) is 0 Å². The van der Waals surface area contributed by atoms with Gasteiger partial charge in [-0.15, -0.1) is 5.54 Å². The second-order valence-corrected chi connectivity index (χ2v) is 8.51. The van der Waals surface area contributed by atoms with Crippen LogP contribution in [0.5, 0.6) is 0 Å². The Bertz CT molecular complexity index is 217. The predicted molar refractivity (Wildman–Crippen MR) is 52.3 cm³/mol. The molecule has 0 aromatic rings. The molecule has 0 heterocycles. The van der Waals surface area contributed by atoms with Crippen molar-refractivity contribution in [3.8, 4) is 11.5 Å². The van der Waals surface area contributed by atoms with Gasteiger partial charge in [0.05, 0.1) is 7.11 Å². The largest absolute Gasteiger partial charge is 0.468 e. The second kappa shape index (κ2) is 4.32. The van der Waals surface area contributed by atoms with Crippen molar-refractivity contribution >= 4 is 14.0 Å². The molecule has 0 aromatic heterocycles. The summed E-state index contributed by atoms with van der Waals surface area (Å²) in [4.78, 5) is 10.9. The molecule has 12 heavy (non-hydrogen) atoms. The van der Waals surface area contributed by atoms with Gasteiger partial charge in [-0.05, 0) is 6.92 Å². The van der Waals surface area contributed by atoms with Crippen LogP contribution in [0.1, 0.15) is 6.92 Å². The fourth-order valence-electron chi connectivity index (χ4n) is 0.560. The van der Waals surface area contributed by atoms with E-state index in [9.17, 15) is 4.79 Å². The molecule has 0 aliphatic heterocycles. The van der Waals surface area contributed by atoms with Crippen molar-refractivity contribution in [2.75, 3.05) is 7.11 Å². The standard InChI is InChI=1S/C9H16O2Si/c1-8(9(10)11-2)6-7-12(3,4)5/h8H,1-5H3. The van der Waals surface area contributed by atoms with Gasteiger partial charge < -0.3 is 4.74 Å². The number of methoxy groups -OCH3 is 1. The summed E-state index contributed by atoms with van der Waals surface area (Å²) in [6.45, 7) is 8.19. The number of carbonyl (C=O) groups excluding carboxylic acids is 1. The maximum Gasteiger partial charge on any atom is 0.320 e. The van der Waals surface area contributed by atoms with Gasteiger partial charge in [-0.25, -0.2) is 0 Å². The van der Waals surface area contributed by atoms with Crippen molar-refractivity contribution in [2.24, 2.45) is 5.92 Å². The molecule has 1 unspecified atom stereocenters. The normalized spacial score (nSPS) is 12.8. The number of ether oxygens (including phenoxy) is 1. The van der Waals surface area contributed by atoms with Crippen molar-refractivity contribution in [3.63, 3.8) is 0 Å². The van der Waals surface area contributed by atoms with E-state index >= 15 is 0 Å². The van der Waals surface area contributed by atoms with E-state index in [1.165, 1.54) is 7.11 Å². The van der Waals surface area contributed by atoms with Gasteiger partial charge in [0.25, 0.3) is 0 Å². The summed E-state index contributed by atoms with van der Waals surface area (Å²) in [7, 11) is 0.0365. The third-order valence-electron chi connectivity index (χ3n) is 1.22. The zero-order valence-corrected chi connectivity index (χ0v) is 9.39. The maximum absolute atomic E-state index is 10.9. The summed E-state index contributed by atoms with van der Waals surface area (Å²) in [6.07, 6.45) is 0. The fraction of sp³-hybridized carbons (Fsp3) is 0.667. The highest BCUT2D eigenvalue weighted by Crippen LogP contribution is 2.00. The monoisotopic (exact) mass is 184 g/mol. The summed E-state index contributed by atoms with van der Waals surface area (Å²) >= 11 is 0. The Kier molecular flexibility index (Phi) is 4.05. The number of hydrogen-bond donors (Lipinski definition) is 0. The molecule has 0 saturated heterocycles. The molecule has 0 aliphatic rings. The number of esters is 1. The molecule has 68 valence electrons. The van der Waals surface area contributed by atoms with Crippen LogP contribution in [0.4, 0.5) is 0 Å². The van der Waals surface area contributed by atoms with E-state index in [1.54, 1.807) is 6.92 Å².